The van der Waals surface area contributed by atoms with Crippen molar-refractivity contribution < 1.29 is 4.74 Å². The van der Waals surface area contributed by atoms with E-state index in [1.54, 1.807) is 0 Å². The zero-order chi connectivity index (χ0) is 11.5. The third-order valence-corrected chi connectivity index (χ3v) is 3.47. The lowest BCUT2D eigenvalue weighted by molar-refractivity contribution is 0.0980. The summed E-state index contributed by atoms with van der Waals surface area (Å²) >= 11 is 8.25. The summed E-state index contributed by atoms with van der Waals surface area (Å²) in [5.74, 6) is 0.718. The van der Waals surface area contributed by atoms with Crippen molar-refractivity contribution in [3.63, 3.8) is 0 Å². The molecule has 1 aliphatic rings. The molecule has 0 aliphatic carbocycles. The largest absolute Gasteiger partial charge is 0.377 e. The fraction of sp³-hybridized carbons (Fsp3) is 0.600. The number of anilines is 1. The number of rotatable bonds is 2. The molecule has 1 aromatic rings. The molecular formula is C10H13ClIN3O. The first-order valence-corrected chi connectivity index (χ1v) is 7.05. The van der Waals surface area contributed by atoms with Crippen LogP contribution in [0.5, 0.6) is 0 Å². The average molecular weight is 354 g/mol. The summed E-state index contributed by atoms with van der Waals surface area (Å²) in [5, 5.41) is 0.510. The zero-order valence-electron chi connectivity index (χ0n) is 8.99. The van der Waals surface area contributed by atoms with E-state index in [4.69, 9.17) is 16.3 Å². The Hall–Kier alpha value is -0.140. The van der Waals surface area contributed by atoms with Gasteiger partial charge in [-0.3, -0.25) is 0 Å². The van der Waals surface area contributed by atoms with Crippen molar-refractivity contribution >= 4 is 40.1 Å². The first-order valence-electron chi connectivity index (χ1n) is 5.14. The average Bonchev–Trinajstić information content (AvgIpc) is 2.28. The van der Waals surface area contributed by atoms with Gasteiger partial charge in [0.1, 0.15) is 5.15 Å². The van der Waals surface area contributed by atoms with Crippen LogP contribution in [0.15, 0.2) is 6.07 Å². The smallest absolute Gasteiger partial charge is 0.227 e. The fourth-order valence-corrected chi connectivity index (χ4v) is 2.26. The normalized spacial score (nSPS) is 21.2. The van der Waals surface area contributed by atoms with Gasteiger partial charge in [0.2, 0.25) is 5.95 Å². The topological polar surface area (TPSA) is 38.2 Å². The Morgan fingerprint density at radius 2 is 2.44 bits per heavy atom. The van der Waals surface area contributed by atoms with E-state index in [2.05, 4.69) is 44.4 Å². The fourth-order valence-electron chi connectivity index (χ4n) is 1.67. The molecule has 0 amide bonds. The van der Waals surface area contributed by atoms with Crippen LogP contribution in [0.4, 0.5) is 5.95 Å². The van der Waals surface area contributed by atoms with Crippen LogP contribution in [-0.2, 0) is 9.16 Å². The second-order valence-electron chi connectivity index (χ2n) is 3.73. The Labute approximate surface area is 113 Å². The van der Waals surface area contributed by atoms with Gasteiger partial charge in [-0.1, -0.05) is 34.2 Å². The zero-order valence-corrected chi connectivity index (χ0v) is 11.9. The molecule has 2 heterocycles. The van der Waals surface area contributed by atoms with E-state index < -0.39 is 0 Å². The third-order valence-electron chi connectivity index (χ3n) is 2.50. The van der Waals surface area contributed by atoms with Crippen molar-refractivity contribution in [2.24, 2.45) is 0 Å². The minimum Gasteiger partial charge on any atom is -0.377 e. The quantitative estimate of drug-likeness (QED) is 0.464. The summed E-state index contributed by atoms with van der Waals surface area (Å²) in [6, 6.07) is 2.11. The van der Waals surface area contributed by atoms with Gasteiger partial charge in [-0.15, -0.1) is 0 Å². The van der Waals surface area contributed by atoms with Crippen molar-refractivity contribution in [2.75, 3.05) is 24.7 Å². The summed E-state index contributed by atoms with van der Waals surface area (Å²) in [4.78, 5) is 10.9. The van der Waals surface area contributed by atoms with Crippen LogP contribution in [0.1, 0.15) is 12.6 Å². The standard InChI is InChI=1S/C10H13ClIN3O/c1-7-6-16-3-2-15(7)10-13-8(5-12)4-9(11)14-10/h4,7H,2-3,5-6H2,1H3. The first kappa shape index (κ1) is 12.3. The molecule has 1 aromatic heterocycles. The molecule has 1 unspecified atom stereocenters. The van der Waals surface area contributed by atoms with Crippen LogP contribution >= 0.6 is 34.2 Å². The number of ether oxygens (including phenoxy) is 1. The summed E-state index contributed by atoms with van der Waals surface area (Å²) < 4.78 is 6.23. The SMILES string of the molecule is CC1COCCN1c1nc(Cl)cc(CI)n1. The third kappa shape index (κ3) is 2.75. The Morgan fingerprint density at radius 1 is 1.62 bits per heavy atom. The minimum absolute atomic E-state index is 0.300. The molecule has 1 atom stereocenters. The molecular weight excluding hydrogens is 340 g/mol. The maximum Gasteiger partial charge on any atom is 0.227 e. The molecule has 1 fully saturated rings. The number of hydrogen-bond acceptors (Lipinski definition) is 4. The lowest BCUT2D eigenvalue weighted by Crippen LogP contribution is -2.44. The predicted octanol–water partition coefficient (Wildman–Crippen LogP) is 2.29. The van der Waals surface area contributed by atoms with E-state index in [1.165, 1.54) is 0 Å². The van der Waals surface area contributed by atoms with Crippen molar-refractivity contribution in [3.8, 4) is 0 Å². The highest BCUT2D eigenvalue weighted by atomic mass is 127. The van der Waals surface area contributed by atoms with Gasteiger partial charge in [0.05, 0.1) is 24.9 Å². The van der Waals surface area contributed by atoms with Crippen LogP contribution in [-0.4, -0.2) is 35.8 Å². The summed E-state index contributed by atoms with van der Waals surface area (Å²) in [5.41, 5.74) is 0.967. The highest BCUT2D eigenvalue weighted by Crippen LogP contribution is 2.19. The lowest BCUT2D eigenvalue weighted by atomic mass is 10.3. The van der Waals surface area contributed by atoms with Gasteiger partial charge in [0, 0.05) is 11.0 Å². The maximum atomic E-state index is 5.98. The van der Waals surface area contributed by atoms with Crippen molar-refractivity contribution in [2.45, 2.75) is 17.4 Å². The van der Waals surface area contributed by atoms with Crippen LogP contribution in [0, 0.1) is 0 Å². The van der Waals surface area contributed by atoms with Crippen LogP contribution in [0.2, 0.25) is 5.15 Å². The van der Waals surface area contributed by atoms with E-state index in [1.807, 2.05) is 6.07 Å². The maximum absolute atomic E-state index is 5.98. The van der Waals surface area contributed by atoms with E-state index in [0.29, 0.717) is 11.2 Å². The molecule has 0 saturated carbocycles. The Kier molecular flexibility index (Phi) is 4.21. The highest BCUT2D eigenvalue weighted by Gasteiger charge is 2.21. The molecule has 1 saturated heterocycles. The summed E-state index contributed by atoms with van der Waals surface area (Å²) in [6.07, 6.45) is 0. The molecule has 6 heteroatoms. The molecule has 0 aromatic carbocycles. The van der Waals surface area contributed by atoms with Crippen LogP contribution < -0.4 is 4.90 Å². The lowest BCUT2D eigenvalue weighted by Gasteiger charge is -2.33. The Bertz CT molecular complexity index is 377. The molecule has 0 radical (unpaired) electrons. The highest BCUT2D eigenvalue weighted by molar-refractivity contribution is 14.1. The number of alkyl halides is 1. The van der Waals surface area contributed by atoms with Gasteiger partial charge < -0.3 is 9.64 Å². The van der Waals surface area contributed by atoms with E-state index in [0.717, 1.165) is 35.8 Å². The molecule has 88 valence electrons. The molecule has 0 bridgehead atoms. The van der Waals surface area contributed by atoms with Gasteiger partial charge in [0.15, 0.2) is 0 Å². The van der Waals surface area contributed by atoms with Gasteiger partial charge in [-0.2, -0.15) is 0 Å². The molecule has 0 N–H and O–H groups in total. The summed E-state index contributed by atoms with van der Waals surface area (Å²) in [7, 11) is 0. The Morgan fingerprint density at radius 3 is 3.12 bits per heavy atom. The number of halogens is 2. The number of nitrogens with zero attached hydrogens (tertiary/aromatic N) is 3. The van der Waals surface area contributed by atoms with Crippen molar-refractivity contribution in [3.05, 3.63) is 16.9 Å². The molecule has 1 aliphatic heterocycles. The number of aromatic nitrogens is 2. The van der Waals surface area contributed by atoms with Crippen LogP contribution in [0.3, 0.4) is 0 Å². The van der Waals surface area contributed by atoms with Gasteiger partial charge in [0.25, 0.3) is 0 Å². The van der Waals surface area contributed by atoms with E-state index in [-0.39, 0.29) is 0 Å². The Balaban J connectivity index is 2.27. The molecule has 0 spiro atoms. The van der Waals surface area contributed by atoms with E-state index in [9.17, 15) is 0 Å². The van der Waals surface area contributed by atoms with E-state index >= 15 is 0 Å². The molecule has 2 rings (SSSR count). The second-order valence-corrected chi connectivity index (χ2v) is 4.88. The van der Waals surface area contributed by atoms with Crippen molar-refractivity contribution in [1.82, 2.24) is 9.97 Å². The summed E-state index contributed by atoms with van der Waals surface area (Å²) in [6.45, 7) is 4.37. The molecule has 4 nitrogen and oxygen atoms in total. The first-order chi connectivity index (χ1) is 7.70. The van der Waals surface area contributed by atoms with Gasteiger partial charge in [-0.05, 0) is 13.0 Å². The minimum atomic E-state index is 0.300. The van der Waals surface area contributed by atoms with Gasteiger partial charge in [-0.25, -0.2) is 9.97 Å². The van der Waals surface area contributed by atoms with Crippen LogP contribution in [0.25, 0.3) is 0 Å². The number of morpholine rings is 1. The van der Waals surface area contributed by atoms with Gasteiger partial charge >= 0.3 is 0 Å². The van der Waals surface area contributed by atoms with Crippen molar-refractivity contribution in [1.29, 1.82) is 0 Å². The monoisotopic (exact) mass is 353 g/mol. The molecule has 16 heavy (non-hydrogen) atoms. The second kappa shape index (κ2) is 5.46. The predicted molar refractivity (Wildman–Crippen MR) is 72.4 cm³/mol. The number of hydrogen-bond donors (Lipinski definition) is 0.